The number of amides is 2. The Balaban J connectivity index is 1.35. The van der Waals surface area contributed by atoms with E-state index in [4.69, 9.17) is 9.26 Å². The molecule has 1 aromatic carbocycles. The molecule has 1 aliphatic rings. The highest BCUT2D eigenvalue weighted by atomic mass is 19.1. The van der Waals surface area contributed by atoms with Gasteiger partial charge in [-0.05, 0) is 38.1 Å². The number of hydrogen-bond donors (Lipinski definition) is 1. The molecule has 1 saturated heterocycles. The maximum Gasteiger partial charge on any atom is 0.409 e. The van der Waals surface area contributed by atoms with Crippen molar-refractivity contribution in [2.24, 2.45) is 0 Å². The maximum atomic E-state index is 14.7. The minimum atomic E-state index is -0.519. The summed E-state index contributed by atoms with van der Waals surface area (Å²) in [4.78, 5) is 34.7. The number of imidazole rings is 1. The van der Waals surface area contributed by atoms with E-state index in [1.54, 1.807) is 42.6 Å². The van der Waals surface area contributed by atoms with Crippen molar-refractivity contribution in [3.8, 4) is 11.4 Å². The van der Waals surface area contributed by atoms with Crippen molar-refractivity contribution < 1.29 is 23.2 Å². The van der Waals surface area contributed by atoms with Gasteiger partial charge in [0.05, 0.1) is 18.7 Å². The maximum absolute atomic E-state index is 14.7. The van der Waals surface area contributed by atoms with E-state index in [-0.39, 0.29) is 29.1 Å². The molecule has 5 rings (SSSR count). The number of likely N-dealkylation sites (tertiary alicyclic amines) is 1. The lowest BCUT2D eigenvalue weighted by molar-refractivity contribution is 0.0686. The number of pyridine rings is 1. The summed E-state index contributed by atoms with van der Waals surface area (Å²) in [5.41, 5.74) is 1.86. The number of hydrogen-bond acceptors (Lipinski definition) is 7. The van der Waals surface area contributed by atoms with E-state index in [1.807, 2.05) is 6.07 Å². The lowest BCUT2D eigenvalue weighted by Crippen LogP contribution is -2.48. The average molecular weight is 464 g/mol. The summed E-state index contributed by atoms with van der Waals surface area (Å²) in [6.45, 7) is 4.43. The minimum absolute atomic E-state index is 0.115. The number of rotatable bonds is 5. The first-order valence-electron chi connectivity index (χ1n) is 10.7. The second-order valence-electron chi connectivity index (χ2n) is 7.91. The second-order valence-corrected chi connectivity index (χ2v) is 7.91. The molecule has 1 N–H and O–H groups in total. The molecule has 4 heterocycles. The van der Waals surface area contributed by atoms with Gasteiger partial charge in [-0.1, -0.05) is 11.2 Å². The molecule has 1 fully saturated rings. The third kappa shape index (κ3) is 3.85. The summed E-state index contributed by atoms with van der Waals surface area (Å²) >= 11 is 0. The van der Waals surface area contributed by atoms with E-state index in [2.05, 4.69) is 20.4 Å². The van der Waals surface area contributed by atoms with E-state index in [0.717, 1.165) is 0 Å². The molecule has 3 aromatic heterocycles. The van der Waals surface area contributed by atoms with Crippen molar-refractivity contribution in [2.75, 3.05) is 25.0 Å². The Bertz CT molecular complexity index is 1390. The normalized spacial score (nSPS) is 13.7. The van der Waals surface area contributed by atoms with Gasteiger partial charge >= 0.3 is 6.09 Å². The molecule has 10 nitrogen and oxygen atoms in total. The first kappa shape index (κ1) is 21.6. The van der Waals surface area contributed by atoms with E-state index >= 15 is 0 Å². The van der Waals surface area contributed by atoms with E-state index < -0.39 is 11.7 Å². The first-order valence-corrected chi connectivity index (χ1v) is 10.7. The lowest BCUT2D eigenvalue weighted by atomic mass is 10.0. The van der Waals surface area contributed by atoms with Crippen molar-refractivity contribution in [2.45, 2.75) is 19.8 Å². The number of carbonyl (C=O) groups is 2. The summed E-state index contributed by atoms with van der Waals surface area (Å²) < 4.78 is 26.7. The molecule has 11 heteroatoms. The Morgan fingerprint density at radius 3 is 2.91 bits per heavy atom. The summed E-state index contributed by atoms with van der Waals surface area (Å²) in [5.74, 6) is -0.521. The highest BCUT2D eigenvalue weighted by molar-refractivity contribution is 6.04. The van der Waals surface area contributed by atoms with Crippen molar-refractivity contribution in [3.63, 3.8) is 0 Å². The molecule has 4 aromatic rings. The lowest BCUT2D eigenvalue weighted by Gasteiger charge is -2.35. The molecule has 2 amide bonds. The zero-order valence-corrected chi connectivity index (χ0v) is 18.5. The zero-order chi connectivity index (χ0) is 23.8. The van der Waals surface area contributed by atoms with Crippen LogP contribution in [0.5, 0.6) is 0 Å². The molecule has 34 heavy (non-hydrogen) atoms. The van der Waals surface area contributed by atoms with Gasteiger partial charge in [0.2, 0.25) is 11.7 Å². The Morgan fingerprint density at radius 2 is 2.12 bits per heavy atom. The van der Waals surface area contributed by atoms with Gasteiger partial charge in [-0.2, -0.15) is 4.98 Å². The number of fused-ring (bicyclic) bond motifs is 1. The highest BCUT2D eigenvalue weighted by Gasteiger charge is 2.36. The van der Waals surface area contributed by atoms with Gasteiger partial charge in [-0.25, -0.2) is 14.2 Å². The zero-order valence-electron chi connectivity index (χ0n) is 18.5. The van der Waals surface area contributed by atoms with Crippen LogP contribution in [0.3, 0.4) is 0 Å². The standard InChI is InChI=1S/C23H21FN6O4/c1-3-33-23(32)29-11-15(12-29)22-27-20(28-34-22)14-8-16(24)13(2)17(9-14)26-21(31)18-10-25-19-6-4-5-7-30(18)19/h4-10,15H,3,11-12H2,1-2H3,(H,26,31). The molecule has 0 atom stereocenters. The van der Waals surface area contributed by atoms with Crippen LogP contribution in [0.4, 0.5) is 14.9 Å². The third-order valence-corrected chi connectivity index (χ3v) is 5.70. The Morgan fingerprint density at radius 1 is 1.29 bits per heavy atom. The number of nitrogens with one attached hydrogen (secondary N) is 1. The minimum Gasteiger partial charge on any atom is -0.450 e. The van der Waals surface area contributed by atoms with Crippen LogP contribution in [0.2, 0.25) is 0 Å². The SMILES string of the molecule is CCOC(=O)N1CC(c2nc(-c3cc(F)c(C)c(NC(=O)c4cnc5ccccn45)c3)no2)C1. The van der Waals surface area contributed by atoms with Crippen molar-refractivity contribution in [1.29, 1.82) is 0 Å². The van der Waals surface area contributed by atoms with Crippen LogP contribution in [0.15, 0.2) is 47.2 Å². The predicted molar refractivity (Wildman–Crippen MR) is 119 cm³/mol. The van der Waals surface area contributed by atoms with Gasteiger partial charge in [0.25, 0.3) is 5.91 Å². The van der Waals surface area contributed by atoms with Crippen LogP contribution in [-0.2, 0) is 4.74 Å². The largest absolute Gasteiger partial charge is 0.450 e. The number of anilines is 1. The van der Waals surface area contributed by atoms with Crippen molar-refractivity contribution in [1.82, 2.24) is 24.4 Å². The fourth-order valence-corrected chi connectivity index (χ4v) is 3.74. The quantitative estimate of drug-likeness (QED) is 0.479. The van der Waals surface area contributed by atoms with E-state index in [9.17, 15) is 14.0 Å². The van der Waals surface area contributed by atoms with Gasteiger partial charge in [-0.15, -0.1) is 0 Å². The third-order valence-electron chi connectivity index (χ3n) is 5.70. The molecule has 0 saturated carbocycles. The van der Waals surface area contributed by atoms with Gasteiger partial charge in [0.1, 0.15) is 17.2 Å². The summed E-state index contributed by atoms with van der Waals surface area (Å²) in [6, 6.07) is 8.28. The van der Waals surface area contributed by atoms with Crippen LogP contribution in [-0.4, -0.2) is 56.1 Å². The molecule has 0 spiro atoms. The Hall–Kier alpha value is -4.28. The number of nitrogens with zero attached hydrogens (tertiary/aromatic N) is 5. The number of benzene rings is 1. The molecule has 0 unspecified atom stereocenters. The van der Waals surface area contributed by atoms with Gasteiger partial charge < -0.3 is 19.5 Å². The van der Waals surface area contributed by atoms with Crippen molar-refractivity contribution >= 4 is 23.3 Å². The molecular weight excluding hydrogens is 443 g/mol. The second kappa shape index (κ2) is 8.58. The number of aromatic nitrogens is 4. The fourth-order valence-electron chi connectivity index (χ4n) is 3.74. The predicted octanol–water partition coefficient (Wildman–Crippen LogP) is 3.64. The van der Waals surface area contributed by atoms with Crippen molar-refractivity contribution in [3.05, 3.63) is 65.7 Å². The van der Waals surface area contributed by atoms with Crippen LogP contribution in [0, 0.1) is 12.7 Å². The van der Waals surface area contributed by atoms with Crippen LogP contribution in [0.25, 0.3) is 17.0 Å². The van der Waals surface area contributed by atoms with E-state index in [1.165, 1.54) is 17.2 Å². The molecule has 0 radical (unpaired) electrons. The summed E-state index contributed by atoms with van der Waals surface area (Å²) in [7, 11) is 0. The number of carbonyl (C=O) groups excluding carboxylic acids is 2. The average Bonchev–Trinajstić information content (AvgIpc) is 3.43. The van der Waals surface area contributed by atoms with Gasteiger partial charge in [0.15, 0.2) is 0 Å². The molecule has 0 bridgehead atoms. The number of ether oxygens (including phenoxy) is 1. The molecule has 174 valence electrons. The summed E-state index contributed by atoms with van der Waals surface area (Å²) in [5, 5.41) is 6.72. The topological polar surface area (TPSA) is 115 Å². The van der Waals surface area contributed by atoms with E-state index in [0.29, 0.717) is 42.5 Å². The molecule has 1 aliphatic heterocycles. The molecule has 0 aliphatic carbocycles. The van der Waals surface area contributed by atoms with Crippen LogP contribution < -0.4 is 5.32 Å². The Labute approximate surface area is 193 Å². The summed E-state index contributed by atoms with van der Waals surface area (Å²) in [6.07, 6.45) is 2.81. The van der Waals surface area contributed by atoms with Crippen LogP contribution in [0.1, 0.15) is 34.8 Å². The van der Waals surface area contributed by atoms with Gasteiger partial charge in [0, 0.05) is 36.1 Å². The first-order chi connectivity index (χ1) is 16.4. The highest BCUT2D eigenvalue weighted by Crippen LogP contribution is 2.30. The molecular formula is C23H21FN6O4. The smallest absolute Gasteiger partial charge is 0.409 e. The fraction of sp³-hybridized carbons (Fsp3) is 0.261. The Kier molecular flexibility index (Phi) is 5.44. The van der Waals surface area contributed by atoms with Gasteiger partial charge in [-0.3, -0.25) is 9.20 Å². The monoisotopic (exact) mass is 464 g/mol. The number of halogens is 1. The van der Waals surface area contributed by atoms with Crippen LogP contribution >= 0.6 is 0 Å².